The van der Waals surface area contributed by atoms with Crippen molar-refractivity contribution in [3.05, 3.63) is 338 Å². The third-order valence-electron chi connectivity index (χ3n) is 17.6. The van der Waals surface area contributed by atoms with Crippen molar-refractivity contribution < 1.29 is 127 Å². The molecule has 0 fully saturated rings. The Hall–Kier alpha value is -10.6. The number of aromatic carboxylic acids is 1. The van der Waals surface area contributed by atoms with Crippen LogP contribution in [0.5, 0.6) is 70.6 Å². The molecule has 30 nitrogen and oxygen atoms in total. The Kier molecular flexibility index (Phi) is 69.9. The molecule has 0 saturated heterocycles. The van der Waals surface area contributed by atoms with Crippen LogP contribution in [0.2, 0.25) is 15.1 Å². The number of carboxylic acid groups (broad SMARTS) is 1. The van der Waals surface area contributed by atoms with Gasteiger partial charge in [0, 0.05) is 69.2 Å². The molecule has 13 rings (SSSR count). The summed E-state index contributed by atoms with van der Waals surface area (Å²) < 4.78 is 79.1. The molecule has 0 aliphatic heterocycles. The van der Waals surface area contributed by atoms with Crippen LogP contribution < -0.4 is 79.3 Å². The zero-order valence-corrected chi connectivity index (χ0v) is 95.0. The first-order chi connectivity index (χ1) is 66.3. The van der Waals surface area contributed by atoms with E-state index >= 15 is 0 Å². The molecule has 762 valence electrons. The van der Waals surface area contributed by atoms with E-state index in [0.29, 0.717) is 103 Å². The molecule has 0 aliphatic carbocycles. The van der Waals surface area contributed by atoms with E-state index in [0.717, 1.165) is 54.0 Å². The molecule has 0 spiro atoms. The number of pyridine rings is 6. The quantitative estimate of drug-likeness (QED) is 0.0141. The fourth-order valence-electron chi connectivity index (χ4n) is 10.8. The molecular formula is C100H107BBr6Cl5MgN7O23. The van der Waals surface area contributed by atoms with E-state index in [4.69, 9.17) is 116 Å². The van der Waals surface area contributed by atoms with Crippen LogP contribution in [0, 0.1) is 6.07 Å². The minimum absolute atomic E-state index is 0. The van der Waals surface area contributed by atoms with Gasteiger partial charge in [0.05, 0.1) is 153 Å². The average Bonchev–Trinajstić information content (AvgIpc) is 0.788. The van der Waals surface area contributed by atoms with Gasteiger partial charge in [0.2, 0.25) is 70.6 Å². The van der Waals surface area contributed by atoms with Gasteiger partial charge in [0.25, 0.3) is 5.91 Å². The number of carboxylic acids is 1. The summed E-state index contributed by atoms with van der Waals surface area (Å²) >= 11 is 33.8. The Balaban J connectivity index is 0. The molecule has 7 aromatic carbocycles. The van der Waals surface area contributed by atoms with Crippen molar-refractivity contribution in [2.75, 3.05) is 127 Å². The van der Waals surface area contributed by atoms with Crippen LogP contribution in [0.25, 0.3) is 27.8 Å². The second-order valence-electron chi connectivity index (χ2n) is 26.1. The third-order valence-corrected chi connectivity index (χ3v) is 21.1. The summed E-state index contributed by atoms with van der Waals surface area (Å²) in [4.78, 5) is 77.8. The first-order valence-corrected chi connectivity index (χ1v) is 45.2. The minimum Gasteiger partial charge on any atom is -1.00 e. The fraction of sp³-hybridized carbons (Fsp3) is 0.200. The molecule has 0 bridgehead atoms. The zero-order valence-electron chi connectivity index (χ0n) is 80.1. The standard InChI is InChI=1S/C22H20ClNO3.C20H16ClNO3.C14H12BrNO3.C10H13BrN2O4.C8H8BrNO4.C7H7Br2NO2.C6H6BClO2.C6H5.C3H8O.C3H6O.CH4.BrH.2ClH.Mg/c1-25-14-20(15-7-5-4-6-8-15)19-13-18(16-9-11-17(23)12-10-16)21(26-2)24-22(19)27-3;1-24-19-16(13-8-10-15(21)11-9-13)12-17(20(22-19)25-2)18(23)14-6-4-3-5-7-14;1-18-13-10(8-11(15)14(16-13)19-2)12(17)9-6-4-3-5-7-9;1-13(17-4)10(14)6-5-7(11)9(16-3)12-8(6)15-2;1-13-6-4(8(11)12)3-5(9)7(10-6)14-2;1-11-6-4(8)3-5(9)7(10-6)12-2;8-6-3-1-5(2-4-6)7(9)10;1-2-4-6-5-3-1;2*1-3-4-2;;;;;/h4-14H,1-3H3;3-12H,1-2H3;3-8H,1-2H3;5H,1-4H3;3H,1-2H3,(H,11,12);3H,1-2H3;1-4,9-10H;1-5H;3H2,1-2H3;3H,1H2,2H3;1H4;3*1H;/q;;;;;;;-1;;;;;;;+2/p-1. The fourth-order valence-corrected chi connectivity index (χ4v) is 13.9. The molecule has 3 N–H and O–H groups in total. The minimum atomic E-state index is -1.41. The number of methoxy groups -OCH3 is 15. The van der Waals surface area contributed by atoms with E-state index < -0.39 is 13.1 Å². The van der Waals surface area contributed by atoms with Gasteiger partial charge in [-0.05, 0) is 182 Å². The summed E-state index contributed by atoms with van der Waals surface area (Å²) in [6.07, 6.45) is 3.06. The van der Waals surface area contributed by atoms with Crippen LogP contribution in [0.3, 0.4) is 0 Å². The van der Waals surface area contributed by atoms with Crippen molar-refractivity contribution >= 4 is 204 Å². The van der Waals surface area contributed by atoms with Crippen molar-refractivity contribution in [3.8, 4) is 92.8 Å². The molecule has 6 heterocycles. The number of carbonyl (C=O) groups is 4. The number of amides is 1. The summed E-state index contributed by atoms with van der Waals surface area (Å²) in [6.45, 7) is 6.03. The van der Waals surface area contributed by atoms with Crippen molar-refractivity contribution in [1.29, 1.82) is 0 Å². The number of hydrogen-bond donors (Lipinski definition) is 3. The monoisotopic (exact) mass is 2460 g/mol. The summed E-state index contributed by atoms with van der Waals surface area (Å²) in [7, 11) is 24.3. The number of ketones is 2. The maximum atomic E-state index is 12.9. The predicted molar refractivity (Wildman–Crippen MR) is 578 cm³/mol. The number of nitrogens with zero attached hydrogens (tertiary/aromatic N) is 7. The molecule has 143 heavy (non-hydrogen) atoms. The SMILES string of the molecule is C.C=COC.CCOC.COC=C(c1ccccc1)c1cc(-c2ccc(Cl)cc2)c(OC)nc1OC.COc1nc(OC)c(-c2ccc(Cl)cc2)cc1C(=O)c1ccccc1.COc1nc(OC)c(Br)cc1Br.COc1nc(OC)c(C(=O)N(C)OC)cc1Br.COc1nc(OC)c(C(=O)O)cc1Br.COc1nc(OC)c(C(=O)c2ccccc2)cc1Br.Cl.Cl.OB(O)c1ccc(Cl)cc1.[Br-].[Mg+2].[c-]1ccccc1. The van der Waals surface area contributed by atoms with E-state index in [1.807, 2.05) is 153 Å². The molecular weight excluding hydrogens is 2360 g/mol. The molecule has 0 unspecified atom stereocenters. The van der Waals surface area contributed by atoms with Gasteiger partial charge >= 0.3 is 36.1 Å². The normalized spacial score (nSPS) is 9.55. The van der Waals surface area contributed by atoms with Crippen molar-refractivity contribution in [3.63, 3.8) is 0 Å². The van der Waals surface area contributed by atoms with Gasteiger partial charge in [-0.3, -0.25) is 19.2 Å². The van der Waals surface area contributed by atoms with E-state index in [9.17, 15) is 19.2 Å². The summed E-state index contributed by atoms with van der Waals surface area (Å²) in [6, 6.07) is 71.7. The maximum Gasteiger partial charge on any atom is 2.00 e. The third kappa shape index (κ3) is 43.7. The van der Waals surface area contributed by atoms with Crippen LogP contribution in [-0.4, -0.2) is 231 Å². The number of benzene rings is 7. The largest absolute Gasteiger partial charge is 2.00 e. The molecule has 1 amide bonds. The van der Waals surface area contributed by atoms with Crippen molar-refractivity contribution in [1.82, 2.24) is 35.0 Å². The second kappa shape index (κ2) is 74.3. The number of rotatable bonds is 27. The second-order valence-corrected chi connectivity index (χ2v) is 31.7. The Morgan fingerprint density at radius 3 is 0.958 bits per heavy atom. The zero-order chi connectivity index (χ0) is 102. The number of aromatic nitrogens is 6. The van der Waals surface area contributed by atoms with Crippen LogP contribution >= 0.6 is 139 Å². The maximum absolute atomic E-state index is 12.9. The number of hydrogen-bond acceptors (Lipinski definition) is 28. The van der Waals surface area contributed by atoms with Crippen LogP contribution in [0.1, 0.15) is 78.0 Å². The van der Waals surface area contributed by atoms with Gasteiger partial charge in [-0.15, -0.1) is 24.8 Å². The van der Waals surface area contributed by atoms with E-state index in [1.54, 1.807) is 135 Å². The van der Waals surface area contributed by atoms with Gasteiger partial charge < -0.3 is 103 Å². The average molecular weight is 2470 g/mol. The van der Waals surface area contributed by atoms with Crippen molar-refractivity contribution in [2.45, 2.75) is 14.4 Å². The Morgan fingerprint density at radius 2 is 0.664 bits per heavy atom. The number of hydroxylamine groups is 2. The van der Waals surface area contributed by atoms with Gasteiger partial charge in [-0.1, -0.05) is 176 Å². The van der Waals surface area contributed by atoms with Gasteiger partial charge in [0.15, 0.2) is 11.6 Å². The molecule has 0 radical (unpaired) electrons. The van der Waals surface area contributed by atoms with Gasteiger partial charge in [0.1, 0.15) is 11.1 Å². The van der Waals surface area contributed by atoms with Gasteiger partial charge in [-0.2, -0.15) is 66.3 Å². The predicted octanol–water partition coefficient (Wildman–Crippen LogP) is 19.9. The first-order valence-electron chi connectivity index (χ1n) is 40.1. The smallest absolute Gasteiger partial charge is 1.00 e. The van der Waals surface area contributed by atoms with Crippen LogP contribution in [0.15, 0.2) is 272 Å². The molecule has 0 atom stereocenters. The molecule has 13 aromatic rings. The number of halogens is 11. The molecule has 0 saturated carbocycles. The van der Waals surface area contributed by atoms with E-state index in [2.05, 4.69) is 132 Å². The number of ether oxygens (including phenoxy) is 15. The topological polar surface area (TPSA) is 357 Å². The van der Waals surface area contributed by atoms with Crippen LogP contribution in [-0.2, 0) is 19.0 Å². The number of carbonyl (C=O) groups excluding carboxylic acids is 3. The van der Waals surface area contributed by atoms with Crippen LogP contribution in [0.4, 0.5) is 0 Å². The van der Waals surface area contributed by atoms with E-state index in [-0.39, 0.29) is 130 Å². The molecule has 0 aliphatic rings. The summed E-state index contributed by atoms with van der Waals surface area (Å²) in [5, 5.41) is 29.0. The first kappa shape index (κ1) is 134. The van der Waals surface area contributed by atoms with Gasteiger partial charge in [-0.25, -0.2) is 9.86 Å². The Labute approximate surface area is 929 Å². The van der Waals surface area contributed by atoms with Crippen molar-refractivity contribution in [2.24, 2.45) is 0 Å². The Bertz CT molecular complexity index is 5950. The molecule has 6 aromatic heterocycles. The summed E-state index contributed by atoms with van der Waals surface area (Å²) in [5.74, 6) is 2.24. The summed E-state index contributed by atoms with van der Waals surface area (Å²) in [5.41, 5.74) is 8.60. The van der Waals surface area contributed by atoms with E-state index in [1.165, 1.54) is 83.4 Å². The Morgan fingerprint density at radius 1 is 0.392 bits per heavy atom. The molecule has 43 heteroatoms.